The minimum atomic E-state index is -0.223. The first-order valence-corrected chi connectivity index (χ1v) is 9.35. The van der Waals surface area contributed by atoms with Gasteiger partial charge in [-0.2, -0.15) is 0 Å². The number of aryl methyl sites for hydroxylation is 1. The van der Waals surface area contributed by atoms with Gasteiger partial charge in [-0.3, -0.25) is 4.79 Å². The van der Waals surface area contributed by atoms with Gasteiger partial charge in [-0.1, -0.05) is 6.07 Å². The van der Waals surface area contributed by atoms with E-state index in [1.165, 1.54) is 7.11 Å². The van der Waals surface area contributed by atoms with Crippen molar-refractivity contribution >= 4 is 28.9 Å². The van der Waals surface area contributed by atoms with Gasteiger partial charge in [0, 0.05) is 25.5 Å². The minimum Gasteiger partial charge on any atom is -0.469 e. The molecular formula is C19H21N5O2S. The Morgan fingerprint density at radius 2 is 2.11 bits per heavy atom. The Balaban J connectivity index is 1.62. The summed E-state index contributed by atoms with van der Waals surface area (Å²) in [6, 6.07) is 9.74. The topological polar surface area (TPSA) is 89.0 Å². The third-order valence-electron chi connectivity index (χ3n) is 3.74. The van der Waals surface area contributed by atoms with E-state index in [-0.39, 0.29) is 5.97 Å². The van der Waals surface area contributed by atoms with Crippen LogP contribution < -0.4 is 10.6 Å². The molecule has 140 valence electrons. The molecular weight excluding hydrogens is 362 g/mol. The van der Waals surface area contributed by atoms with E-state index in [0.717, 1.165) is 32.8 Å². The van der Waals surface area contributed by atoms with Crippen molar-refractivity contribution in [1.29, 1.82) is 0 Å². The Morgan fingerprint density at radius 1 is 1.22 bits per heavy atom. The highest BCUT2D eigenvalue weighted by Crippen LogP contribution is 2.26. The molecule has 0 aromatic carbocycles. The smallest absolute Gasteiger partial charge is 0.306 e. The molecule has 0 aliphatic rings. The van der Waals surface area contributed by atoms with E-state index in [4.69, 9.17) is 0 Å². The second-order valence-corrected chi connectivity index (χ2v) is 6.99. The van der Waals surface area contributed by atoms with Gasteiger partial charge in [0.2, 0.25) is 0 Å². The van der Waals surface area contributed by atoms with Crippen molar-refractivity contribution in [2.45, 2.75) is 19.9 Å². The third kappa shape index (κ3) is 5.57. The number of hydrogen-bond acceptors (Lipinski definition) is 8. The number of carbonyl (C=O) groups is 1. The maximum absolute atomic E-state index is 11.1. The fourth-order valence-corrected chi connectivity index (χ4v) is 3.23. The number of esters is 1. The second-order valence-electron chi connectivity index (χ2n) is 5.87. The summed E-state index contributed by atoms with van der Waals surface area (Å²) >= 11 is 1.57. The first-order valence-electron chi connectivity index (χ1n) is 8.53. The van der Waals surface area contributed by atoms with E-state index in [0.29, 0.717) is 19.5 Å². The van der Waals surface area contributed by atoms with Crippen LogP contribution in [0.15, 0.2) is 42.7 Å². The summed E-state index contributed by atoms with van der Waals surface area (Å²) in [5, 5.41) is 7.35. The van der Waals surface area contributed by atoms with Crippen LogP contribution in [0.3, 0.4) is 0 Å². The van der Waals surface area contributed by atoms with Crippen molar-refractivity contribution in [3.63, 3.8) is 0 Å². The molecule has 0 radical (unpaired) electrons. The Hall–Kier alpha value is -2.84. The van der Waals surface area contributed by atoms with Crippen LogP contribution in [-0.2, 0) is 16.1 Å². The van der Waals surface area contributed by atoms with Crippen LogP contribution in [0.5, 0.6) is 0 Å². The zero-order chi connectivity index (χ0) is 19.1. The normalized spacial score (nSPS) is 10.6. The zero-order valence-electron chi connectivity index (χ0n) is 15.2. The number of aromatic nitrogens is 3. The standard InChI is InChI=1S/C19H21N5O2S/c1-13-6-9-21-17(10-13)24-16-5-3-4-14(23-16)15-11-22-18(27-15)12-20-8-7-19(25)26-2/h3-6,9-11,20H,7-8,12H2,1-2H3,(H,21,23,24). The highest BCUT2D eigenvalue weighted by molar-refractivity contribution is 7.15. The molecule has 0 aliphatic heterocycles. The lowest BCUT2D eigenvalue weighted by molar-refractivity contribution is -0.140. The van der Waals surface area contributed by atoms with E-state index >= 15 is 0 Å². The lowest BCUT2D eigenvalue weighted by atomic mass is 10.3. The summed E-state index contributed by atoms with van der Waals surface area (Å²) in [5.41, 5.74) is 1.99. The molecule has 0 atom stereocenters. The summed E-state index contributed by atoms with van der Waals surface area (Å²) in [7, 11) is 1.39. The maximum atomic E-state index is 11.1. The predicted octanol–water partition coefficient (Wildman–Crippen LogP) is 3.30. The summed E-state index contributed by atoms with van der Waals surface area (Å²) in [4.78, 5) is 25.5. The van der Waals surface area contributed by atoms with Crippen molar-refractivity contribution < 1.29 is 9.53 Å². The molecule has 0 fully saturated rings. The van der Waals surface area contributed by atoms with Gasteiger partial charge in [-0.15, -0.1) is 11.3 Å². The number of thiazole rings is 1. The van der Waals surface area contributed by atoms with Crippen molar-refractivity contribution in [3.8, 4) is 10.6 Å². The monoisotopic (exact) mass is 383 g/mol. The van der Waals surface area contributed by atoms with Gasteiger partial charge in [0.15, 0.2) is 0 Å². The second kappa shape index (κ2) is 9.20. The van der Waals surface area contributed by atoms with E-state index in [1.807, 2.05) is 43.5 Å². The fraction of sp³-hybridized carbons (Fsp3) is 0.263. The minimum absolute atomic E-state index is 0.223. The number of rotatable bonds is 8. The summed E-state index contributed by atoms with van der Waals surface area (Å²) < 4.78 is 4.61. The van der Waals surface area contributed by atoms with Crippen LogP contribution in [-0.4, -0.2) is 34.6 Å². The van der Waals surface area contributed by atoms with E-state index in [1.54, 1.807) is 17.5 Å². The Labute approximate surface area is 161 Å². The molecule has 27 heavy (non-hydrogen) atoms. The molecule has 7 nitrogen and oxygen atoms in total. The molecule has 3 aromatic heterocycles. The number of hydrogen-bond donors (Lipinski definition) is 2. The molecule has 3 rings (SSSR count). The predicted molar refractivity (Wildman–Crippen MR) is 106 cm³/mol. The van der Waals surface area contributed by atoms with Gasteiger partial charge in [-0.25, -0.2) is 15.0 Å². The Bertz CT molecular complexity index is 912. The van der Waals surface area contributed by atoms with Crippen LogP contribution in [0, 0.1) is 6.92 Å². The highest BCUT2D eigenvalue weighted by atomic mass is 32.1. The molecule has 0 bridgehead atoms. The SMILES string of the molecule is COC(=O)CCNCc1ncc(-c2cccc(Nc3cc(C)ccn3)n2)s1. The van der Waals surface area contributed by atoms with Gasteiger partial charge >= 0.3 is 5.97 Å². The van der Waals surface area contributed by atoms with Gasteiger partial charge in [0.1, 0.15) is 16.6 Å². The lowest BCUT2D eigenvalue weighted by Crippen LogP contribution is -2.18. The molecule has 0 spiro atoms. The first kappa shape index (κ1) is 18.9. The number of methoxy groups -OCH3 is 1. The Kier molecular flexibility index (Phi) is 6.45. The Morgan fingerprint density at radius 3 is 2.93 bits per heavy atom. The average molecular weight is 383 g/mol. The zero-order valence-corrected chi connectivity index (χ0v) is 16.0. The summed E-state index contributed by atoms with van der Waals surface area (Å²) in [6.07, 6.45) is 3.93. The molecule has 0 aliphatic carbocycles. The lowest BCUT2D eigenvalue weighted by Gasteiger charge is -2.06. The van der Waals surface area contributed by atoms with Gasteiger partial charge in [-0.05, 0) is 36.8 Å². The van der Waals surface area contributed by atoms with Crippen molar-refractivity contribution in [3.05, 3.63) is 53.3 Å². The van der Waals surface area contributed by atoms with E-state index in [9.17, 15) is 4.79 Å². The quantitative estimate of drug-likeness (QED) is 0.456. The number of pyridine rings is 2. The third-order valence-corrected chi connectivity index (χ3v) is 4.76. The molecule has 3 heterocycles. The molecule has 0 amide bonds. The van der Waals surface area contributed by atoms with Gasteiger partial charge in [0.25, 0.3) is 0 Å². The van der Waals surface area contributed by atoms with Crippen LogP contribution in [0.2, 0.25) is 0 Å². The van der Waals surface area contributed by atoms with Crippen LogP contribution in [0.1, 0.15) is 17.0 Å². The number of nitrogens with zero attached hydrogens (tertiary/aromatic N) is 3. The number of ether oxygens (including phenoxy) is 1. The number of nitrogens with one attached hydrogen (secondary N) is 2. The molecule has 0 saturated carbocycles. The van der Waals surface area contributed by atoms with Crippen molar-refractivity contribution in [2.75, 3.05) is 19.0 Å². The molecule has 0 saturated heterocycles. The van der Waals surface area contributed by atoms with Crippen molar-refractivity contribution in [2.24, 2.45) is 0 Å². The fourth-order valence-electron chi connectivity index (χ4n) is 2.38. The summed E-state index contributed by atoms with van der Waals surface area (Å²) in [5.74, 6) is 1.27. The summed E-state index contributed by atoms with van der Waals surface area (Å²) in [6.45, 7) is 3.18. The van der Waals surface area contributed by atoms with E-state index in [2.05, 4.69) is 30.3 Å². The molecule has 8 heteroatoms. The van der Waals surface area contributed by atoms with E-state index < -0.39 is 0 Å². The number of carbonyl (C=O) groups excluding carboxylic acids is 1. The average Bonchev–Trinajstić information content (AvgIpc) is 3.14. The highest BCUT2D eigenvalue weighted by Gasteiger charge is 2.08. The number of anilines is 2. The van der Waals surface area contributed by atoms with Crippen LogP contribution >= 0.6 is 11.3 Å². The molecule has 3 aromatic rings. The van der Waals surface area contributed by atoms with Gasteiger partial charge in [0.05, 0.1) is 24.1 Å². The first-order chi connectivity index (χ1) is 13.1. The van der Waals surface area contributed by atoms with Crippen LogP contribution in [0.25, 0.3) is 10.6 Å². The maximum Gasteiger partial charge on any atom is 0.306 e. The molecule has 0 unspecified atom stereocenters. The van der Waals surface area contributed by atoms with Gasteiger partial charge < -0.3 is 15.4 Å². The molecule has 2 N–H and O–H groups in total. The largest absolute Gasteiger partial charge is 0.469 e. The van der Waals surface area contributed by atoms with Crippen LogP contribution in [0.4, 0.5) is 11.6 Å². The van der Waals surface area contributed by atoms with Crippen molar-refractivity contribution in [1.82, 2.24) is 20.3 Å².